The van der Waals surface area contributed by atoms with Gasteiger partial charge in [-0.2, -0.15) is 0 Å². The normalized spacial score (nSPS) is 30.3. The Bertz CT molecular complexity index is 154. The molecule has 0 unspecified atom stereocenters. The van der Waals surface area contributed by atoms with Crippen LogP contribution in [-0.2, 0) is 0 Å². The van der Waals surface area contributed by atoms with Crippen LogP contribution in [0.2, 0.25) is 0 Å². The summed E-state index contributed by atoms with van der Waals surface area (Å²) in [5.74, 6) is 0. The average molecular weight is 159 g/mol. The molecule has 0 radical (unpaired) electrons. The highest BCUT2D eigenvalue weighted by atomic mass is 16.4. The number of hydrogen-bond donors (Lipinski definition) is 4. The van der Waals surface area contributed by atoms with E-state index in [0.717, 1.165) is 13.0 Å². The summed E-state index contributed by atoms with van der Waals surface area (Å²) in [6.07, 6.45) is -0.186. The van der Waals surface area contributed by atoms with Crippen molar-refractivity contribution >= 4 is 6.09 Å². The molecule has 1 rings (SSSR count). The largest absolute Gasteiger partial charge is 0.465 e. The molecular weight excluding hydrogens is 146 g/mol. The molecule has 1 fully saturated rings. The van der Waals surface area contributed by atoms with Crippen molar-refractivity contribution in [3.63, 3.8) is 0 Å². The molecule has 0 aromatic carbocycles. The van der Waals surface area contributed by atoms with Crippen LogP contribution in [0, 0.1) is 0 Å². The summed E-state index contributed by atoms with van der Waals surface area (Å²) < 4.78 is 0. The van der Waals surface area contributed by atoms with Gasteiger partial charge >= 0.3 is 6.09 Å². The summed E-state index contributed by atoms with van der Waals surface area (Å²) in [5.41, 5.74) is 5.44. The Morgan fingerprint density at radius 1 is 1.82 bits per heavy atom. The zero-order valence-corrected chi connectivity index (χ0v) is 6.26. The van der Waals surface area contributed by atoms with Gasteiger partial charge in [0.25, 0.3) is 0 Å². The Hall–Kier alpha value is -0.810. The fourth-order valence-electron chi connectivity index (χ4n) is 1.17. The van der Waals surface area contributed by atoms with Gasteiger partial charge in [0.15, 0.2) is 0 Å². The van der Waals surface area contributed by atoms with Crippen LogP contribution in [0.5, 0.6) is 0 Å². The van der Waals surface area contributed by atoms with Gasteiger partial charge in [0.05, 0.1) is 0 Å². The van der Waals surface area contributed by atoms with Gasteiger partial charge in [-0.15, -0.1) is 0 Å². The number of hydrogen-bond acceptors (Lipinski definition) is 3. The van der Waals surface area contributed by atoms with E-state index in [1.165, 1.54) is 0 Å². The number of amides is 1. The Labute approximate surface area is 65.0 Å². The standard InChI is InChI=1S/C6H13N3O2/c7-6(1-2-8-3-6)4-9-5(10)11/h8-9H,1-4,7H2,(H,10,11)/t6-/m1/s1. The van der Waals surface area contributed by atoms with Gasteiger partial charge in [-0.05, 0) is 13.0 Å². The fraction of sp³-hybridized carbons (Fsp3) is 0.833. The minimum Gasteiger partial charge on any atom is -0.465 e. The van der Waals surface area contributed by atoms with Crippen LogP contribution < -0.4 is 16.4 Å². The van der Waals surface area contributed by atoms with Crippen LogP contribution in [0.3, 0.4) is 0 Å². The summed E-state index contributed by atoms with van der Waals surface area (Å²) in [4.78, 5) is 10.1. The predicted molar refractivity (Wildman–Crippen MR) is 40.4 cm³/mol. The van der Waals surface area contributed by atoms with Crippen molar-refractivity contribution in [2.75, 3.05) is 19.6 Å². The molecule has 1 atom stereocenters. The number of nitrogens with one attached hydrogen (secondary N) is 2. The second-order valence-electron chi connectivity index (χ2n) is 2.95. The van der Waals surface area contributed by atoms with E-state index in [9.17, 15) is 4.79 Å². The molecule has 1 heterocycles. The molecule has 1 amide bonds. The number of rotatable bonds is 2. The molecule has 0 aliphatic carbocycles. The maximum atomic E-state index is 10.1. The monoisotopic (exact) mass is 159 g/mol. The van der Waals surface area contributed by atoms with Gasteiger partial charge in [0.2, 0.25) is 0 Å². The smallest absolute Gasteiger partial charge is 0.404 e. The van der Waals surface area contributed by atoms with E-state index < -0.39 is 6.09 Å². The van der Waals surface area contributed by atoms with E-state index in [-0.39, 0.29) is 5.54 Å². The lowest BCUT2D eigenvalue weighted by atomic mass is 10.0. The highest BCUT2D eigenvalue weighted by molar-refractivity contribution is 5.64. The average Bonchev–Trinajstić information content (AvgIpc) is 2.33. The molecule has 5 nitrogen and oxygen atoms in total. The van der Waals surface area contributed by atoms with E-state index in [0.29, 0.717) is 13.1 Å². The van der Waals surface area contributed by atoms with E-state index in [1.807, 2.05) is 0 Å². The minimum atomic E-state index is -1.01. The Balaban J connectivity index is 2.28. The number of nitrogens with two attached hydrogens (primary N) is 1. The van der Waals surface area contributed by atoms with Gasteiger partial charge in [-0.25, -0.2) is 4.79 Å². The highest BCUT2D eigenvalue weighted by Crippen LogP contribution is 2.08. The lowest BCUT2D eigenvalue weighted by molar-refractivity contribution is 0.191. The molecule has 0 aromatic rings. The third-order valence-corrected chi connectivity index (χ3v) is 1.87. The van der Waals surface area contributed by atoms with E-state index in [2.05, 4.69) is 10.6 Å². The zero-order valence-electron chi connectivity index (χ0n) is 6.26. The lowest BCUT2D eigenvalue weighted by Crippen LogP contribution is -2.51. The maximum Gasteiger partial charge on any atom is 0.404 e. The summed E-state index contributed by atoms with van der Waals surface area (Å²) in [6, 6.07) is 0. The molecule has 0 saturated carbocycles. The first-order chi connectivity index (χ1) is 5.12. The van der Waals surface area contributed by atoms with Crippen LogP contribution in [0.4, 0.5) is 4.79 Å². The third-order valence-electron chi connectivity index (χ3n) is 1.87. The molecule has 1 saturated heterocycles. The van der Waals surface area contributed by atoms with E-state index >= 15 is 0 Å². The minimum absolute atomic E-state index is 0.329. The summed E-state index contributed by atoms with van der Waals surface area (Å²) in [6.45, 7) is 1.89. The fourth-order valence-corrected chi connectivity index (χ4v) is 1.17. The van der Waals surface area contributed by atoms with Crippen LogP contribution in [0.1, 0.15) is 6.42 Å². The topological polar surface area (TPSA) is 87.4 Å². The van der Waals surface area contributed by atoms with E-state index in [4.69, 9.17) is 10.8 Å². The van der Waals surface area contributed by atoms with Crippen LogP contribution in [0.25, 0.3) is 0 Å². The number of carbonyl (C=O) groups is 1. The lowest BCUT2D eigenvalue weighted by Gasteiger charge is -2.21. The van der Waals surface area contributed by atoms with Crippen molar-refractivity contribution in [2.45, 2.75) is 12.0 Å². The van der Waals surface area contributed by atoms with Gasteiger partial charge in [0.1, 0.15) is 0 Å². The van der Waals surface area contributed by atoms with Gasteiger partial charge < -0.3 is 21.5 Å². The molecule has 0 aromatic heterocycles. The highest BCUT2D eigenvalue weighted by Gasteiger charge is 2.29. The SMILES string of the molecule is N[C@]1(CNC(=O)O)CCNC1. The molecule has 1 aliphatic rings. The molecule has 5 N–H and O–H groups in total. The van der Waals surface area contributed by atoms with Crippen LogP contribution in [0.15, 0.2) is 0 Å². The third kappa shape index (κ3) is 2.36. The van der Waals surface area contributed by atoms with Gasteiger partial charge in [-0.3, -0.25) is 0 Å². The molecule has 5 heteroatoms. The Kier molecular flexibility index (Phi) is 2.31. The van der Waals surface area contributed by atoms with Crippen LogP contribution >= 0.6 is 0 Å². The molecule has 11 heavy (non-hydrogen) atoms. The molecule has 0 spiro atoms. The first-order valence-corrected chi connectivity index (χ1v) is 3.59. The second kappa shape index (κ2) is 3.06. The Morgan fingerprint density at radius 3 is 3.00 bits per heavy atom. The second-order valence-corrected chi connectivity index (χ2v) is 2.95. The first-order valence-electron chi connectivity index (χ1n) is 3.59. The predicted octanol–water partition coefficient (Wildman–Crippen LogP) is -1.06. The van der Waals surface area contributed by atoms with Crippen molar-refractivity contribution < 1.29 is 9.90 Å². The van der Waals surface area contributed by atoms with E-state index in [1.54, 1.807) is 0 Å². The van der Waals surface area contributed by atoms with Crippen molar-refractivity contribution in [2.24, 2.45) is 5.73 Å². The molecule has 64 valence electrons. The van der Waals surface area contributed by atoms with Gasteiger partial charge in [-0.1, -0.05) is 0 Å². The summed E-state index contributed by atoms with van der Waals surface area (Å²) in [7, 11) is 0. The maximum absolute atomic E-state index is 10.1. The molecular formula is C6H13N3O2. The Morgan fingerprint density at radius 2 is 2.55 bits per heavy atom. The van der Waals surface area contributed by atoms with Crippen molar-refractivity contribution in [3.8, 4) is 0 Å². The summed E-state index contributed by atoms with van der Waals surface area (Å²) in [5, 5.41) is 13.7. The van der Waals surface area contributed by atoms with Crippen LogP contribution in [-0.4, -0.2) is 36.4 Å². The molecule has 0 bridgehead atoms. The number of carboxylic acid groups (broad SMARTS) is 1. The summed E-state index contributed by atoms with van der Waals surface area (Å²) >= 11 is 0. The van der Waals surface area contributed by atoms with Crippen molar-refractivity contribution in [1.29, 1.82) is 0 Å². The van der Waals surface area contributed by atoms with Crippen molar-refractivity contribution in [1.82, 2.24) is 10.6 Å². The quantitative estimate of drug-likeness (QED) is 0.414. The molecule has 1 aliphatic heterocycles. The first kappa shape index (κ1) is 8.29. The van der Waals surface area contributed by atoms with Crippen molar-refractivity contribution in [3.05, 3.63) is 0 Å². The zero-order chi connectivity index (χ0) is 8.32. The van der Waals surface area contributed by atoms with Gasteiger partial charge in [0, 0.05) is 18.6 Å².